The molecule has 2 aromatic carbocycles. The minimum atomic E-state index is -0.360. The van der Waals surface area contributed by atoms with Crippen LogP contribution in [0.5, 0.6) is 0 Å². The van der Waals surface area contributed by atoms with Gasteiger partial charge in [0.2, 0.25) is 5.78 Å². The van der Waals surface area contributed by atoms with E-state index in [-0.39, 0.29) is 29.3 Å². The second-order valence-electron chi connectivity index (χ2n) is 11.7. The SMILES string of the molecule is CC1c2cc(Cl)ccc2CCN1c1c(C(=O)c2nn3cc(Cl)cnc3c2N2CCc3ccc(Cl)cc3C2C)nn2cc(Cl)cnc12. The zero-order valence-corrected chi connectivity index (χ0v) is 27.8. The summed E-state index contributed by atoms with van der Waals surface area (Å²) in [7, 11) is 0. The van der Waals surface area contributed by atoms with Gasteiger partial charge in [0.05, 0.1) is 34.5 Å². The molecule has 0 bridgehead atoms. The van der Waals surface area contributed by atoms with Crippen LogP contribution in [-0.4, -0.2) is 48.1 Å². The fourth-order valence-electron chi connectivity index (χ4n) is 6.93. The summed E-state index contributed by atoms with van der Waals surface area (Å²) in [5.74, 6) is -0.360. The molecule has 0 aliphatic carbocycles. The average Bonchev–Trinajstić information content (AvgIpc) is 3.60. The van der Waals surface area contributed by atoms with E-state index in [0.717, 1.165) is 24.0 Å². The van der Waals surface area contributed by atoms with Gasteiger partial charge in [-0.25, -0.2) is 19.0 Å². The van der Waals surface area contributed by atoms with Crippen molar-refractivity contribution in [2.75, 3.05) is 22.9 Å². The molecule has 232 valence electrons. The predicted molar refractivity (Wildman–Crippen MR) is 181 cm³/mol. The highest BCUT2D eigenvalue weighted by molar-refractivity contribution is 6.31. The summed E-state index contributed by atoms with van der Waals surface area (Å²) < 4.78 is 3.13. The number of halogens is 4. The van der Waals surface area contributed by atoms with E-state index in [1.807, 2.05) is 24.3 Å². The number of ketones is 1. The summed E-state index contributed by atoms with van der Waals surface area (Å²) >= 11 is 25.6. The highest BCUT2D eigenvalue weighted by Gasteiger charge is 2.37. The third-order valence-electron chi connectivity index (χ3n) is 9.13. The van der Waals surface area contributed by atoms with Crippen LogP contribution in [0.25, 0.3) is 11.3 Å². The van der Waals surface area contributed by atoms with Gasteiger partial charge in [-0.05, 0) is 73.2 Å². The first kappa shape index (κ1) is 29.5. The van der Waals surface area contributed by atoms with Crippen LogP contribution in [0.3, 0.4) is 0 Å². The van der Waals surface area contributed by atoms with Crippen LogP contribution >= 0.6 is 46.4 Å². The van der Waals surface area contributed by atoms with Crippen LogP contribution < -0.4 is 9.80 Å². The Bertz CT molecular complexity index is 2060. The number of hydrogen-bond donors (Lipinski definition) is 0. The van der Waals surface area contributed by atoms with E-state index in [1.165, 1.54) is 11.1 Å². The predicted octanol–water partition coefficient (Wildman–Crippen LogP) is 7.86. The molecule has 2 aliphatic rings. The van der Waals surface area contributed by atoms with Gasteiger partial charge in [-0.2, -0.15) is 10.2 Å². The molecule has 4 aromatic heterocycles. The van der Waals surface area contributed by atoms with Crippen molar-refractivity contribution in [3.05, 3.63) is 115 Å². The molecule has 6 heterocycles. The first-order valence-electron chi connectivity index (χ1n) is 14.9. The molecule has 6 aromatic rings. The molecule has 0 saturated heterocycles. The van der Waals surface area contributed by atoms with Crippen LogP contribution in [0.4, 0.5) is 11.4 Å². The Morgan fingerprint density at radius 1 is 0.674 bits per heavy atom. The first-order valence-corrected chi connectivity index (χ1v) is 16.4. The molecule has 0 fully saturated rings. The number of carbonyl (C=O) groups is 1. The minimum absolute atomic E-state index is 0.108. The fourth-order valence-corrected chi connectivity index (χ4v) is 7.57. The van der Waals surface area contributed by atoms with Gasteiger partial charge in [-0.15, -0.1) is 0 Å². The van der Waals surface area contributed by atoms with Crippen molar-refractivity contribution in [1.82, 2.24) is 29.2 Å². The van der Waals surface area contributed by atoms with Crippen LogP contribution in [0.1, 0.15) is 64.4 Å². The maximum atomic E-state index is 14.9. The monoisotopic (exact) mass is 690 g/mol. The number of nitrogens with zero attached hydrogens (tertiary/aromatic N) is 8. The van der Waals surface area contributed by atoms with E-state index < -0.39 is 0 Å². The zero-order valence-electron chi connectivity index (χ0n) is 24.8. The van der Waals surface area contributed by atoms with Crippen molar-refractivity contribution in [1.29, 1.82) is 0 Å². The normalized spacial score (nSPS) is 17.9. The Labute approximate surface area is 284 Å². The Morgan fingerprint density at radius 2 is 1.11 bits per heavy atom. The maximum absolute atomic E-state index is 14.9. The van der Waals surface area contributed by atoms with Crippen LogP contribution in [0.15, 0.2) is 61.2 Å². The van der Waals surface area contributed by atoms with E-state index in [4.69, 9.17) is 56.6 Å². The highest BCUT2D eigenvalue weighted by Crippen LogP contribution is 2.42. The smallest absolute Gasteiger partial charge is 0.237 e. The summed E-state index contributed by atoms with van der Waals surface area (Å²) in [5.41, 5.74) is 7.33. The maximum Gasteiger partial charge on any atom is 0.237 e. The number of carbonyl (C=O) groups excluding carboxylic acids is 1. The molecular weight excluding hydrogens is 666 g/mol. The van der Waals surface area contributed by atoms with Gasteiger partial charge in [0.25, 0.3) is 0 Å². The quantitative estimate of drug-likeness (QED) is 0.174. The van der Waals surface area contributed by atoms with Crippen molar-refractivity contribution in [2.45, 2.75) is 38.8 Å². The summed E-state index contributed by atoms with van der Waals surface area (Å²) in [4.78, 5) is 28.5. The topological polar surface area (TPSA) is 83.9 Å². The Morgan fingerprint density at radius 3 is 1.54 bits per heavy atom. The Hall–Kier alpha value is -3.89. The van der Waals surface area contributed by atoms with Crippen molar-refractivity contribution in [3.8, 4) is 0 Å². The van der Waals surface area contributed by atoms with E-state index in [2.05, 4.69) is 45.7 Å². The molecule has 0 N–H and O–H groups in total. The van der Waals surface area contributed by atoms with E-state index >= 15 is 0 Å². The Kier molecular flexibility index (Phi) is 7.14. The molecule has 2 atom stereocenters. The summed E-state index contributed by atoms with van der Waals surface area (Å²) in [6, 6.07) is 11.7. The zero-order chi connectivity index (χ0) is 31.9. The number of fused-ring (bicyclic) bond motifs is 4. The number of aromatic nitrogens is 6. The molecule has 0 radical (unpaired) electrons. The molecule has 0 spiro atoms. The standard InChI is InChI=1S/C33H26Cl4N8O/c1-17-25-11-21(34)5-3-19(25)7-9-42(17)29-27(40-44-15-23(36)13-38-32(29)44)31(46)28-30(33-39-14-24(37)16-45(33)41-28)43-10-8-20-4-6-22(35)12-26(20)18(43)2/h3-6,11-18H,7-10H2,1-2H3. The number of rotatable bonds is 4. The van der Waals surface area contributed by atoms with E-state index in [9.17, 15) is 4.79 Å². The third-order valence-corrected chi connectivity index (χ3v) is 9.99. The third kappa shape index (κ3) is 4.71. The van der Waals surface area contributed by atoms with Crippen molar-refractivity contribution in [3.63, 3.8) is 0 Å². The van der Waals surface area contributed by atoms with E-state index in [1.54, 1.807) is 33.8 Å². The molecule has 2 aliphatic heterocycles. The largest absolute Gasteiger partial charge is 0.359 e. The van der Waals surface area contributed by atoms with Crippen molar-refractivity contribution < 1.29 is 4.79 Å². The molecule has 13 heteroatoms. The molecule has 2 unspecified atom stereocenters. The lowest BCUT2D eigenvalue weighted by molar-refractivity contribution is 0.103. The minimum Gasteiger partial charge on any atom is -0.359 e. The number of benzene rings is 2. The summed E-state index contributed by atoms with van der Waals surface area (Å²) in [5, 5.41) is 11.7. The lowest BCUT2D eigenvalue weighted by Crippen LogP contribution is -2.36. The molecular formula is C33H26Cl4N8O. The summed E-state index contributed by atoms with van der Waals surface area (Å²) in [6.07, 6.45) is 7.98. The van der Waals surface area contributed by atoms with Crippen LogP contribution in [-0.2, 0) is 12.8 Å². The fraction of sp³-hybridized carbons (Fsp3) is 0.242. The molecule has 0 saturated carbocycles. The van der Waals surface area contributed by atoms with Gasteiger partial charge in [0, 0.05) is 35.5 Å². The molecule has 0 amide bonds. The second kappa shape index (κ2) is 11.1. The van der Waals surface area contributed by atoms with Gasteiger partial charge >= 0.3 is 0 Å². The lowest BCUT2D eigenvalue weighted by atomic mass is 9.92. The van der Waals surface area contributed by atoms with Gasteiger partial charge < -0.3 is 9.80 Å². The molecule has 46 heavy (non-hydrogen) atoms. The molecule has 9 nitrogen and oxygen atoms in total. The van der Waals surface area contributed by atoms with Crippen LogP contribution in [0, 0.1) is 0 Å². The highest BCUT2D eigenvalue weighted by atomic mass is 35.5. The van der Waals surface area contributed by atoms with Gasteiger partial charge in [0.1, 0.15) is 11.4 Å². The Balaban J connectivity index is 1.31. The van der Waals surface area contributed by atoms with Gasteiger partial charge in [-0.3, -0.25) is 4.79 Å². The van der Waals surface area contributed by atoms with Gasteiger partial charge in [-0.1, -0.05) is 58.5 Å². The summed E-state index contributed by atoms with van der Waals surface area (Å²) in [6.45, 7) is 5.50. The van der Waals surface area contributed by atoms with Crippen LogP contribution in [0.2, 0.25) is 20.1 Å². The first-order chi connectivity index (χ1) is 22.2. The van der Waals surface area contributed by atoms with Crippen molar-refractivity contribution in [2.24, 2.45) is 0 Å². The number of anilines is 2. The second-order valence-corrected chi connectivity index (χ2v) is 13.5. The van der Waals surface area contributed by atoms with Gasteiger partial charge in [0.15, 0.2) is 22.7 Å². The number of hydrogen-bond acceptors (Lipinski definition) is 7. The molecule has 8 rings (SSSR count). The lowest BCUT2D eigenvalue weighted by Gasteiger charge is -2.37. The average molecular weight is 692 g/mol. The van der Waals surface area contributed by atoms with E-state index in [0.29, 0.717) is 55.8 Å². The van der Waals surface area contributed by atoms with Crippen molar-refractivity contribution >= 4 is 74.9 Å².